The molecule has 1 aliphatic carbocycles. The molecule has 1 aromatic carbocycles. The van der Waals surface area contributed by atoms with Crippen LogP contribution in [0.5, 0.6) is 0 Å². The SMILES string of the molecule is C=C(CN(C)C(=C)C(C)(C1CCCC1)N(C)CC)c1ccccc1. The third-order valence-electron chi connectivity index (χ3n) is 6.07. The van der Waals surface area contributed by atoms with E-state index in [2.05, 4.69) is 75.2 Å². The fourth-order valence-corrected chi connectivity index (χ4v) is 4.12. The molecule has 0 aliphatic heterocycles. The zero-order chi connectivity index (χ0) is 17.7. The van der Waals surface area contributed by atoms with E-state index in [0.29, 0.717) is 5.92 Å². The van der Waals surface area contributed by atoms with Crippen molar-refractivity contribution in [3.63, 3.8) is 0 Å². The topological polar surface area (TPSA) is 6.48 Å². The van der Waals surface area contributed by atoms with E-state index in [0.717, 1.165) is 18.7 Å². The third-order valence-corrected chi connectivity index (χ3v) is 6.07. The van der Waals surface area contributed by atoms with Gasteiger partial charge < -0.3 is 4.90 Å². The van der Waals surface area contributed by atoms with Crippen molar-refractivity contribution in [3.8, 4) is 0 Å². The molecule has 0 spiro atoms. The third kappa shape index (κ3) is 3.75. The molecular formula is C22H34N2. The van der Waals surface area contributed by atoms with Crippen LogP contribution in [-0.4, -0.2) is 42.5 Å². The number of likely N-dealkylation sites (N-methyl/N-ethyl adjacent to an activating group) is 2. The van der Waals surface area contributed by atoms with Crippen molar-refractivity contribution in [2.75, 3.05) is 27.2 Å². The van der Waals surface area contributed by atoms with Crippen molar-refractivity contribution in [3.05, 3.63) is 54.8 Å². The van der Waals surface area contributed by atoms with Gasteiger partial charge in [-0.3, -0.25) is 4.90 Å². The highest BCUT2D eigenvalue weighted by atomic mass is 15.2. The molecule has 1 fully saturated rings. The summed E-state index contributed by atoms with van der Waals surface area (Å²) in [6, 6.07) is 10.5. The smallest absolute Gasteiger partial charge is 0.0601 e. The quantitative estimate of drug-likeness (QED) is 0.660. The minimum atomic E-state index is 0.0248. The van der Waals surface area contributed by atoms with E-state index in [9.17, 15) is 0 Å². The Morgan fingerprint density at radius 2 is 1.71 bits per heavy atom. The molecule has 0 bridgehead atoms. The molecule has 2 rings (SSSR count). The lowest BCUT2D eigenvalue weighted by molar-refractivity contribution is 0.0881. The Hall–Kier alpha value is -1.54. The molecule has 0 amide bonds. The van der Waals surface area contributed by atoms with E-state index < -0.39 is 0 Å². The summed E-state index contributed by atoms with van der Waals surface area (Å²) in [7, 11) is 4.40. The van der Waals surface area contributed by atoms with Gasteiger partial charge in [0, 0.05) is 19.3 Å². The van der Waals surface area contributed by atoms with Crippen LogP contribution in [0.15, 0.2) is 49.2 Å². The predicted octanol–water partition coefficient (Wildman–Crippen LogP) is 5.05. The van der Waals surface area contributed by atoms with Crippen molar-refractivity contribution in [2.45, 2.75) is 45.1 Å². The molecule has 0 radical (unpaired) electrons. The second-order valence-electron chi connectivity index (χ2n) is 7.42. The van der Waals surface area contributed by atoms with Gasteiger partial charge in [-0.25, -0.2) is 0 Å². The molecule has 0 saturated heterocycles. The van der Waals surface area contributed by atoms with Gasteiger partial charge in [0.15, 0.2) is 0 Å². The van der Waals surface area contributed by atoms with Crippen molar-refractivity contribution >= 4 is 5.57 Å². The number of rotatable bonds is 8. The summed E-state index contributed by atoms with van der Waals surface area (Å²) < 4.78 is 0. The van der Waals surface area contributed by atoms with Gasteiger partial charge in [0.1, 0.15) is 0 Å². The number of nitrogens with zero attached hydrogens (tertiary/aromatic N) is 2. The number of hydrogen-bond acceptors (Lipinski definition) is 2. The highest BCUT2D eigenvalue weighted by Crippen LogP contribution is 2.42. The fraction of sp³-hybridized carbons (Fsp3) is 0.545. The van der Waals surface area contributed by atoms with Crippen molar-refractivity contribution in [1.82, 2.24) is 9.80 Å². The van der Waals surface area contributed by atoms with E-state index in [4.69, 9.17) is 0 Å². The van der Waals surface area contributed by atoms with Gasteiger partial charge in [-0.05, 0) is 50.4 Å². The molecule has 0 aromatic heterocycles. The Kier molecular flexibility index (Phi) is 6.28. The van der Waals surface area contributed by atoms with Gasteiger partial charge in [-0.1, -0.05) is 63.3 Å². The predicted molar refractivity (Wildman–Crippen MR) is 106 cm³/mol. The Labute approximate surface area is 148 Å². The molecule has 1 saturated carbocycles. The van der Waals surface area contributed by atoms with Crippen molar-refractivity contribution in [1.29, 1.82) is 0 Å². The normalized spacial score (nSPS) is 17.7. The van der Waals surface area contributed by atoms with Crippen LogP contribution in [0.2, 0.25) is 0 Å². The minimum absolute atomic E-state index is 0.0248. The summed E-state index contributed by atoms with van der Waals surface area (Å²) in [5.41, 5.74) is 3.60. The first-order valence-electron chi connectivity index (χ1n) is 9.26. The maximum Gasteiger partial charge on any atom is 0.0601 e. The number of benzene rings is 1. The maximum absolute atomic E-state index is 4.53. The Balaban J connectivity index is 2.15. The second-order valence-corrected chi connectivity index (χ2v) is 7.42. The lowest BCUT2D eigenvalue weighted by atomic mass is 9.79. The van der Waals surface area contributed by atoms with Gasteiger partial charge in [0.05, 0.1) is 5.54 Å². The molecule has 0 heterocycles. The monoisotopic (exact) mass is 326 g/mol. The summed E-state index contributed by atoms with van der Waals surface area (Å²) >= 11 is 0. The van der Waals surface area contributed by atoms with Crippen LogP contribution in [0.25, 0.3) is 5.57 Å². The lowest BCUT2D eigenvalue weighted by Gasteiger charge is -2.47. The average Bonchev–Trinajstić information content (AvgIpc) is 3.15. The first-order chi connectivity index (χ1) is 11.4. The van der Waals surface area contributed by atoms with E-state index in [1.165, 1.54) is 36.9 Å². The summed E-state index contributed by atoms with van der Waals surface area (Å²) in [4.78, 5) is 4.78. The van der Waals surface area contributed by atoms with Crippen LogP contribution in [0.1, 0.15) is 45.1 Å². The van der Waals surface area contributed by atoms with E-state index in [1.54, 1.807) is 0 Å². The van der Waals surface area contributed by atoms with Crippen LogP contribution >= 0.6 is 0 Å². The lowest BCUT2D eigenvalue weighted by Crippen LogP contribution is -2.53. The second kappa shape index (κ2) is 8.02. The Morgan fingerprint density at radius 1 is 1.12 bits per heavy atom. The molecule has 0 N–H and O–H groups in total. The Morgan fingerprint density at radius 3 is 2.25 bits per heavy atom. The molecule has 1 aliphatic rings. The fourth-order valence-electron chi connectivity index (χ4n) is 4.12. The van der Waals surface area contributed by atoms with Gasteiger partial charge >= 0.3 is 0 Å². The minimum Gasteiger partial charge on any atom is -0.373 e. The molecule has 1 aromatic rings. The van der Waals surface area contributed by atoms with Gasteiger partial charge in [0.25, 0.3) is 0 Å². The van der Waals surface area contributed by atoms with Gasteiger partial charge in [0.2, 0.25) is 0 Å². The number of hydrogen-bond donors (Lipinski definition) is 0. The molecule has 1 unspecified atom stereocenters. The van der Waals surface area contributed by atoms with Crippen LogP contribution < -0.4 is 0 Å². The van der Waals surface area contributed by atoms with Crippen LogP contribution in [0.4, 0.5) is 0 Å². The van der Waals surface area contributed by atoms with Crippen LogP contribution in [-0.2, 0) is 0 Å². The molecule has 2 nitrogen and oxygen atoms in total. The van der Waals surface area contributed by atoms with Gasteiger partial charge in [-0.2, -0.15) is 0 Å². The largest absolute Gasteiger partial charge is 0.373 e. The van der Waals surface area contributed by atoms with Crippen molar-refractivity contribution < 1.29 is 0 Å². The molecule has 24 heavy (non-hydrogen) atoms. The zero-order valence-corrected chi connectivity index (χ0v) is 16.0. The summed E-state index contributed by atoms with van der Waals surface area (Å²) in [6.45, 7) is 15.3. The van der Waals surface area contributed by atoms with E-state index in [1.807, 2.05) is 6.07 Å². The van der Waals surface area contributed by atoms with Crippen LogP contribution in [0.3, 0.4) is 0 Å². The molecular weight excluding hydrogens is 292 g/mol. The summed E-state index contributed by atoms with van der Waals surface area (Å²) in [6.07, 6.45) is 5.33. The zero-order valence-electron chi connectivity index (χ0n) is 16.0. The highest BCUT2D eigenvalue weighted by molar-refractivity contribution is 5.64. The van der Waals surface area contributed by atoms with Crippen LogP contribution in [0, 0.1) is 5.92 Å². The highest BCUT2D eigenvalue weighted by Gasteiger charge is 2.42. The average molecular weight is 327 g/mol. The molecule has 2 heteroatoms. The van der Waals surface area contributed by atoms with E-state index in [-0.39, 0.29) is 5.54 Å². The first-order valence-corrected chi connectivity index (χ1v) is 9.26. The Bertz CT molecular complexity index is 557. The standard InChI is InChI=1S/C22H34N2/c1-7-24(6)22(4,21-15-11-12-16-21)19(3)23(5)17-18(2)20-13-9-8-10-14-20/h8-10,13-14,21H,2-3,7,11-12,15-17H2,1,4-6H3. The van der Waals surface area contributed by atoms with Gasteiger partial charge in [-0.15, -0.1) is 0 Å². The summed E-state index contributed by atoms with van der Waals surface area (Å²) in [5, 5.41) is 0. The van der Waals surface area contributed by atoms with Crippen molar-refractivity contribution in [2.24, 2.45) is 5.92 Å². The first kappa shape index (κ1) is 18.8. The summed E-state index contributed by atoms with van der Waals surface area (Å²) in [5.74, 6) is 0.697. The molecule has 132 valence electrons. The van der Waals surface area contributed by atoms with E-state index >= 15 is 0 Å². The maximum atomic E-state index is 4.53. The molecule has 1 atom stereocenters.